The van der Waals surface area contributed by atoms with Crippen molar-refractivity contribution in [2.45, 2.75) is 25.7 Å². The zero-order valence-electron chi connectivity index (χ0n) is 14.1. The SMILES string of the molecule is CCCc1nc(C(=O)[C@@H](C#N)c2ccccn2)nn1-c1ccccc1F. The number of para-hydroxylation sites is 1. The van der Waals surface area contributed by atoms with E-state index in [1.807, 2.05) is 13.0 Å². The molecule has 3 rings (SSSR count). The van der Waals surface area contributed by atoms with Gasteiger partial charge in [0.1, 0.15) is 17.3 Å². The van der Waals surface area contributed by atoms with Crippen molar-refractivity contribution in [3.63, 3.8) is 0 Å². The molecule has 0 bridgehead atoms. The molecule has 130 valence electrons. The van der Waals surface area contributed by atoms with Crippen LogP contribution in [0.25, 0.3) is 5.69 Å². The molecule has 2 aromatic heterocycles. The standard InChI is InChI=1S/C19H16FN5O/c1-2-7-17-23-19(24-25(17)16-10-4-3-8-14(16)20)18(26)13(12-21)15-9-5-6-11-22-15/h3-6,8-11,13H,2,7H2,1H3/t13-/m0/s1. The number of ketones is 1. The number of halogens is 1. The van der Waals surface area contributed by atoms with Gasteiger partial charge in [0.2, 0.25) is 11.6 Å². The Hall–Kier alpha value is -3.40. The van der Waals surface area contributed by atoms with E-state index in [-0.39, 0.29) is 11.5 Å². The number of rotatable bonds is 6. The maximum atomic E-state index is 14.2. The van der Waals surface area contributed by atoms with Crippen LogP contribution < -0.4 is 0 Å². The van der Waals surface area contributed by atoms with Crippen molar-refractivity contribution in [3.05, 3.63) is 71.8 Å². The number of hydrogen-bond donors (Lipinski definition) is 0. The van der Waals surface area contributed by atoms with Crippen LogP contribution in [-0.4, -0.2) is 25.5 Å². The highest BCUT2D eigenvalue weighted by molar-refractivity contribution is 5.99. The fraction of sp³-hybridized carbons (Fsp3) is 0.211. The molecule has 0 saturated carbocycles. The van der Waals surface area contributed by atoms with Gasteiger partial charge in [-0.3, -0.25) is 9.78 Å². The summed E-state index contributed by atoms with van der Waals surface area (Å²) in [5.74, 6) is -1.77. The van der Waals surface area contributed by atoms with E-state index in [1.165, 1.54) is 16.9 Å². The Morgan fingerprint density at radius 1 is 1.27 bits per heavy atom. The van der Waals surface area contributed by atoms with E-state index in [0.717, 1.165) is 6.42 Å². The minimum Gasteiger partial charge on any atom is -0.289 e. The third-order valence-electron chi connectivity index (χ3n) is 3.82. The fourth-order valence-electron chi connectivity index (χ4n) is 2.59. The third-order valence-corrected chi connectivity index (χ3v) is 3.82. The number of benzene rings is 1. The first-order valence-electron chi connectivity index (χ1n) is 8.21. The van der Waals surface area contributed by atoms with E-state index in [4.69, 9.17) is 0 Å². The lowest BCUT2D eigenvalue weighted by atomic mass is 10.0. The number of nitrogens with zero attached hydrogens (tertiary/aromatic N) is 5. The molecule has 26 heavy (non-hydrogen) atoms. The molecule has 0 saturated heterocycles. The first kappa shape index (κ1) is 17.4. The average molecular weight is 349 g/mol. The van der Waals surface area contributed by atoms with Crippen LogP contribution in [0.15, 0.2) is 48.7 Å². The number of carbonyl (C=O) groups excluding carboxylic acids is 1. The van der Waals surface area contributed by atoms with Gasteiger partial charge in [-0.2, -0.15) is 5.26 Å². The molecule has 0 amide bonds. The Morgan fingerprint density at radius 3 is 2.69 bits per heavy atom. The van der Waals surface area contributed by atoms with Crippen LogP contribution >= 0.6 is 0 Å². The van der Waals surface area contributed by atoms with E-state index in [9.17, 15) is 14.4 Å². The molecule has 0 aliphatic heterocycles. The van der Waals surface area contributed by atoms with E-state index in [2.05, 4.69) is 15.1 Å². The van der Waals surface area contributed by atoms with Crippen LogP contribution in [0.1, 0.15) is 41.4 Å². The van der Waals surface area contributed by atoms with Gasteiger partial charge in [-0.15, -0.1) is 5.10 Å². The van der Waals surface area contributed by atoms with Crippen molar-refractivity contribution < 1.29 is 9.18 Å². The fourth-order valence-corrected chi connectivity index (χ4v) is 2.59. The van der Waals surface area contributed by atoms with Crippen molar-refractivity contribution in [2.75, 3.05) is 0 Å². The van der Waals surface area contributed by atoms with Gasteiger partial charge in [0.15, 0.2) is 5.92 Å². The summed E-state index contributed by atoms with van der Waals surface area (Å²) in [6, 6.07) is 13.1. The summed E-state index contributed by atoms with van der Waals surface area (Å²) in [7, 11) is 0. The second kappa shape index (κ2) is 7.66. The molecule has 6 nitrogen and oxygen atoms in total. The molecule has 0 fully saturated rings. The molecule has 1 aromatic carbocycles. The van der Waals surface area contributed by atoms with Crippen molar-refractivity contribution in [2.24, 2.45) is 0 Å². The number of Topliss-reactive ketones (excluding diaryl/α,β-unsaturated/α-hetero) is 1. The molecule has 7 heteroatoms. The van der Waals surface area contributed by atoms with E-state index in [1.54, 1.807) is 36.4 Å². The smallest absolute Gasteiger partial charge is 0.225 e. The summed E-state index contributed by atoms with van der Waals surface area (Å²) >= 11 is 0. The highest BCUT2D eigenvalue weighted by Gasteiger charge is 2.28. The second-order valence-corrected chi connectivity index (χ2v) is 5.65. The first-order valence-corrected chi connectivity index (χ1v) is 8.21. The summed E-state index contributed by atoms with van der Waals surface area (Å²) in [4.78, 5) is 21.1. The van der Waals surface area contributed by atoms with Crippen molar-refractivity contribution in [1.29, 1.82) is 5.26 Å². The van der Waals surface area contributed by atoms with Crippen molar-refractivity contribution in [1.82, 2.24) is 19.7 Å². The number of pyridine rings is 1. The van der Waals surface area contributed by atoms with Crippen LogP contribution in [0, 0.1) is 17.1 Å². The number of carbonyl (C=O) groups is 1. The lowest BCUT2D eigenvalue weighted by Gasteiger charge is -2.05. The van der Waals surface area contributed by atoms with E-state index >= 15 is 0 Å². The maximum Gasteiger partial charge on any atom is 0.225 e. The summed E-state index contributed by atoms with van der Waals surface area (Å²) in [5.41, 5.74) is 0.549. The van der Waals surface area contributed by atoms with E-state index < -0.39 is 17.5 Å². The van der Waals surface area contributed by atoms with Gasteiger partial charge in [-0.25, -0.2) is 14.1 Å². The van der Waals surface area contributed by atoms with Gasteiger partial charge in [-0.1, -0.05) is 25.1 Å². The summed E-state index contributed by atoms with van der Waals surface area (Å²) in [5, 5.41) is 13.6. The second-order valence-electron chi connectivity index (χ2n) is 5.65. The minimum absolute atomic E-state index is 0.117. The van der Waals surface area contributed by atoms with Gasteiger partial charge in [0.05, 0.1) is 11.8 Å². The molecule has 1 atom stereocenters. The lowest BCUT2D eigenvalue weighted by Crippen LogP contribution is -2.14. The molecule has 0 aliphatic rings. The Labute approximate surface area is 150 Å². The predicted octanol–water partition coefficient (Wildman–Crippen LogP) is 3.24. The van der Waals surface area contributed by atoms with Gasteiger partial charge in [-0.05, 0) is 30.7 Å². The monoisotopic (exact) mass is 349 g/mol. The molecule has 0 unspecified atom stereocenters. The van der Waals surface area contributed by atoms with Crippen LogP contribution in [-0.2, 0) is 6.42 Å². The molecular weight excluding hydrogens is 333 g/mol. The lowest BCUT2D eigenvalue weighted by molar-refractivity contribution is 0.0967. The van der Waals surface area contributed by atoms with Crippen LogP contribution in [0.2, 0.25) is 0 Å². The van der Waals surface area contributed by atoms with Gasteiger partial charge >= 0.3 is 0 Å². The summed E-state index contributed by atoms with van der Waals surface area (Å²) in [6.07, 6.45) is 2.79. The number of aromatic nitrogens is 4. The molecule has 2 heterocycles. The highest BCUT2D eigenvalue weighted by atomic mass is 19.1. The van der Waals surface area contributed by atoms with Crippen molar-refractivity contribution >= 4 is 5.78 Å². The van der Waals surface area contributed by atoms with Gasteiger partial charge < -0.3 is 0 Å². The Balaban J connectivity index is 2.03. The third kappa shape index (κ3) is 3.35. The molecule has 0 spiro atoms. The molecule has 3 aromatic rings. The zero-order valence-corrected chi connectivity index (χ0v) is 14.1. The number of nitriles is 1. The number of aryl methyl sites for hydroxylation is 1. The van der Waals surface area contributed by atoms with Gasteiger partial charge in [0, 0.05) is 12.6 Å². The van der Waals surface area contributed by atoms with Gasteiger partial charge in [0.25, 0.3) is 0 Å². The maximum absolute atomic E-state index is 14.2. The molecule has 0 radical (unpaired) electrons. The Bertz CT molecular complexity index is 962. The number of hydrogen-bond acceptors (Lipinski definition) is 5. The molecule has 0 aliphatic carbocycles. The molecular formula is C19H16FN5O. The molecule has 0 N–H and O–H groups in total. The van der Waals surface area contributed by atoms with Crippen LogP contribution in [0.5, 0.6) is 0 Å². The van der Waals surface area contributed by atoms with Crippen molar-refractivity contribution in [3.8, 4) is 11.8 Å². The Kier molecular flexibility index (Phi) is 5.13. The quantitative estimate of drug-likeness (QED) is 0.638. The zero-order chi connectivity index (χ0) is 18.5. The highest BCUT2D eigenvalue weighted by Crippen LogP contribution is 2.20. The predicted molar refractivity (Wildman–Crippen MR) is 92.2 cm³/mol. The topological polar surface area (TPSA) is 84.5 Å². The normalized spacial score (nSPS) is 11.7. The Morgan fingerprint density at radius 2 is 2.04 bits per heavy atom. The van der Waals surface area contributed by atoms with Crippen LogP contribution in [0.4, 0.5) is 4.39 Å². The van der Waals surface area contributed by atoms with Crippen LogP contribution in [0.3, 0.4) is 0 Å². The largest absolute Gasteiger partial charge is 0.289 e. The summed E-state index contributed by atoms with van der Waals surface area (Å²) in [6.45, 7) is 1.95. The minimum atomic E-state index is -1.11. The summed E-state index contributed by atoms with van der Waals surface area (Å²) < 4.78 is 15.5. The first-order chi connectivity index (χ1) is 12.7. The average Bonchev–Trinajstić information content (AvgIpc) is 3.08. The van der Waals surface area contributed by atoms with E-state index in [0.29, 0.717) is 17.9 Å².